The Bertz CT molecular complexity index is 315. The van der Waals surface area contributed by atoms with Crippen LogP contribution in [0.3, 0.4) is 0 Å². The molecule has 1 saturated carbocycles. The van der Waals surface area contributed by atoms with E-state index in [0.29, 0.717) is 10.8 Å². The maximum atomic E-state index is 8.40. The fourth-order valence-electron chi connectivity index (χ4n) is 3.29. The average molecular weight is 221 g/mol. The molecule has 0 N–H and O–H groups in total. The number of rotatable bonds is 2. The molecule has 0 bridgehead atoms. The summed E-state index contributed by atoms with van der Waals surface area (Å²) in [5, 5.41) is 3.72. The molecular formula is C13H23N3. The molecule has 0 saturated heterocycles. The van der Waals surface area contributed by atoms with Gasteiger partial charge in [-0.25, -0.2) is 0 Å². The molecule has 16 heavy (non-hydrogen) atoms. The first-order valence-corrected chi connectivity index (χ1v) is 5.98. The van der Waals surface area contributed by atoms with Crippen LogP contribution in [0.4, 0.5) is 0 Å². The fraction of sp³-hybridized carbons (Fsp3) is 0.846. The molecule has 0 radical (unpaired) electrons. The Morgan fingerprint density at radius 3 is 2.19 bits per heavy atom. The predicted octanol–water partition coefficient (Wildman–Crippen LogP) is 4.85. The van der Waals surface area contributed by atoms with Crippen LogP contribution in [0, 0.1) is 10.8 Å². The van der Waals surface area contributed by atoms with Gasteiger partial charge in [-0.2, -0.15) is 0 Å². The summed E-state index contributed by atoms with van der Waals surface area (Å²) < 4.78 is 0. The van der Waals surface area contributed by atoms with Crippen LogP contribution in [0.1, 0.15) is 53.9 Å². The number of hydrogen-bond acceptors (Lipinski definition) is 1. The standard InChI is InChI=1S/C13H23N3/c1-10(15-16-14)6-11-7-12(2,3)9-13(4,5)8-11/h6,10H,7-9H2,1-5H3. The van der Waals surface area contributed by atoms with Crippen LogP contribution in [-0.2, 0) is 0 Å². The summed E-state index contributed by atoms with van der Waals surface area (Å²) in [7, 11) is 0. The van der Waals surface area contributed by atoms with Gasteiger partial charge in [0, 0.05) is 4.91 Å². The van der Waals surface area contributed by atoms with Crippen LogP contribution >= 0.6 is 0 Å². The van der Waals surface area contributed by atoms with E-state index in [0.717, 1.165) is 12.8 Å². The SMILES string of the molecule is CC(C=C1CC(C)(C)CC(C)(C)C1)N=[N+]=[N-]. The van der Waals surface area contributed by atoms with Crippen molar-refractivity contribution in [1.29, 1.82) is 0 Å². The third-order valence-electron chi connectivity index (χ3n) is 3.08. The molecule has 0 aliphatic heterocycles. The molecule has 0 aromatic rings. The van der Waals surface area contributed by atoms with Crippen molar-refractivity contribution < 1.29 is 0 Å². The van der Waals surface area contributed by atoms with Crippen LogP contribution in [-0.4, -0.2) is 6.04 Å². The monoisotopic (exact) mass is 221 g/mol. The first-order chi connectivity index (χ1) is 7.24. The van der Waals surface area contributed by atoms with Gasteiger partial charge in [-0.15, -0.1) is 0 Å². The van der Waals surface area contributed by atoms with Crippen molar-refractivity contribution in [2.75, 3.05) is 0 Å². The van der Waals surface area contributed by atoms with E-state index in [4.69, 9.17) is 5.53 Å². The zero-order valence-electron chi connectivity index (χ0n) is 11.1. The van der Waals surface area contributed by atoms with Crippen molar-refractivity contribution in [1.82, 2.24) is 0 Å². The molecule has 1 fully saturated rings. The first kappa shape index (κ1) is 13.1. The average Bonchev–Trinajstić information content (AvgIpc) is 1.96. The Balaban J connectivity index is 2.85. The quantitative estimate of drug-likeness (QED) is 0.277. The number of nitrogens with zero attached hydrogens (tertiary/aromatic N) is 3. The lowest BCUT2D eigenvalue weighted by Crippen LogP contribution is -2.30. The van der Waals surface area contributed by atoms with E-state index in [9.17, 15) is 0 Å². The third kappa shape index (κ3) is 3.90. The van der Waals surface area contributed by atoms with Gasteiger partial charge >= 0.3 is 0 Å². The Kier molecular flexibility index (Phi) is 3.69. The molecule has 1 rings (SSSR count). The summed E-state index contributed by atoms with van der Waals surface area (Å²) in [6.45, 7) is 11.2. The van der Waals surface area contributed by atoms with E-state index in [2.05, 4.69) is 43.8 Å². The minimum atomic E-state index is -0.0234. The second-order valence-corrected chi connectivity index (χ2v) is 6.63. The van der Waals surface area contributed by atoms with Crippen molar-refractivity contribution in [2.24, 2.45) is 15.9 Å². The van der Waals surface area contributed by atoms with E-state index in [1.54, 1.807) is 0 Å². The van der Waals surface area contributed by atoms with Crippen molar-refractivity contribution in [2.45, 2.75) is 59.9 Å². The Hall–Kier alpha value is -0.950. The summed E-state index contributed by atoms with van der Waals surface area (Å²) >= 11 is 0. The Labute approximate surface area is 98.6 Å². The van der Waals surface area contributed by atoms with Gasteiger partial charge in [0.2, 0.25) is 0 Å². The normalized spacial score (nSPS) is 24.4. The minimum absolute atomic E-state index is 0.0234. The molecule has 0 aromatic heterocycles. The summed E-state index contributed by atoms with van der Waals surface area (Å²) in [6.07, 6.45) is 5.65. The Morgan fingerprint density at radius 2 is 1.75 bits per heavy atom. The molecule has 1 unspecified atom stereocenters. The van der Waals surface area contributed by atoms with Crippen LogP contribution in [0.15, 0.2) is 16.8 Å². The van der Waals surface area contributed by atoms with Crippen LogP contribution in [0.2, 0.25) is 0 Å². The molecule has 0 spiro atoms. The maximum Gasteiger partial charge on any atom is 0.0529 e. The number of allylic oxidation sites excluding steroid dienone is 1. The van der Waals surface area contributed by atoms with E-state index in [1.807, 2.05) is 6.92 Å². The first-order valence-electron chi connectivity index (χ1n) is 5.98. The summed E-state index contributed by atoms with van der Waals surface area (Å²) in [4.78, 5) is 2.85. The summed E-state index contributed by atoms with van der Waals surface area (Å²) in [5.41, 5.74) is 10.6. The lowest BCUT2D eigenvalue weighted by atomic mass is 9.63. The van der Waals surface area contributed by atoms with Gasteiger partial charge in [0.1, 0.15) is 0 Å². The zero-order chi connectivity index (χ0) is 12.4. The lowest BCUT2D eigenvalue weighted by Gasteiger charge is -2.42. The van der Waals surface area contributed by atoms with E-state index in [1.165, 1.54) is 12.0 Å². The van der Waals surface area contributed by atoms with Gasteiger partial charge in [-0.3, -0.25) is 0 Å². The molecule has 0 heterocycles. The molecule has 0 aromatic carbocycles. The van der Waals surface area contributed by atoms with Gasteiger partial charge in [0.25, 0.3) is 0 Å². The Morgan fingerprint density at radius 1 is 1.25 bits per heavy atom. The summed E-state index contributed by atoms with van der Waals surface area (Å²) in [5.74, 6) is 0. The summed E-state index contributed by atoms with van der Waals surface area (Å²) in [6, 6.07) is -0.0234. The molecule has 1 aliphatic carbocycles. The van der Waals surface area contributed by atoms with Gasteiger partial charge in [-0.05, 0) is 35.6 Å². The van der Waals surface area contributed by atoms with Gasteiger partial charge in [0.15, 0.2) is 0 Å². The minimum Gasteiger partial charge on any atom is -0.0868 e. The fourth-order valence-corrected chi connectivity index (χ4v) is 3.29. The molecule has 3 nitrogen and oxygen atoms in total. The van der Waals surface area contributed by atoms with Gasteiger partial charge < -0.3 is 0 Å². The second kappa shape index (κ2) is 4.50. The highest BCUT2D eigenvalue weighted by molar-refractivity contribution is 5.14. The predicted molar refractivity (Wildman–Crippen MR) is 68.1 cm³/mol. The van der Waals surface area contributed by atoms with E-state index in [-0.39, 0.29) is 6.04 Å². The van der Waals surface area contributed by atoms with Crippen molar-refractivity contribution in [3.05, 3.63) is 22.1 Å². The molecule has 1 atom stereocenters. The van der Waals surface area contributed by atoms with Crippen LogP contribution in [0.5, 0.6) is 0 Å². The highest BCUT2D eigenvalue weighted by atomic mass is 15.1. The molecule has 0 amide bonds. The van der Waals surface area contributed by atoms with E-state index >= 15 is 0 Å². The second-order valence-electron chi connectivity index (χ2n) is 6.63. The zero-order valence-corrected chi connectivity index (χ0v) is 11.1. The van der Waals surface area contributed by atoms with Crippen molar-refractivity contribution >= 4 is 0 Å². The molecule has 90 valence electrons. The molecular weight excluding hydrogens is 198 g/mol. The van der Waals surface area contributed by atoms with Crippen LogP contribution in [0.25, 0.3) is 10.4 Å². The molecule has 1 aliphatic rings. The van der Waals surface area contributed by atoms with E-state index < -0.39 is 0 Å². The van der Waals surface area contributed by atoms with Crippen LogP contribution < -0.4 is 0 Å². The topological polar surface area (TPSA) is 48.8 Å². The van der Waals surface area contributed by atoms with Gasteiger partial charge in [0.05, 0.1) is 6.04 Å². The van der Waals surface area contributed by atoms with Gasteiger partial charge in [-0.1, -0.05) is 51.4 Å². The lowest BCUT2D eigenvalue weighted by molar-refractivity contribution is 0.153. The highest BCUT2D eigenvalue weighted by Crippen LogP contribution is 2.48. The largest absolute Gasteiger partial charge is 0.0868 e. The van der Waals surface area contributed by atoms with Crippen molar-refractivity contribution in [3.63, 3.8) is 0 Å². The van der Waals surface area contributed by atoms with Crippen molar-refractivity contribution in [3.8, 4) is 0 Å². The number of azide groups is 1. The number of hydrogen-bond donors (Lipinski definition) is 0. The smallest absolute Gasteiger partial charge is 0.0529 e. The highest BCUT2D eigenvalue weighted by Gasteiger charge is 2.35. The maximum absolute atomic E-state index is 8.40. The third-order valence-corrected chi connectivity index (χ3v) is 3.08. The molecule has 3 heteroatoms.